The number of halogens is 1. The van der Waals surface area contributed by atoms with Gasteiger partial charge in [-0.05, 0) is 30.7 Å². The van der Waals surface area contributed by atoms with Gasteiger partial charge in [-0.25, -0.2) is 0 Å². The Morgan fingerprint density at radius 2 is 2.33 bits per heavy atom. The van der Waals surface area contributed by atoms with E-state index >= 15 is 0 Å². The molecule has 1 aromatic rings. The lowest BCUT2D eigenvalue weighted by Gasteiger charge is -2.05. The highest BCUT2D eigenvalue weighted by Gasteiger charge is 1.98. The monoisotopic (exact) mass is 228 g/mol. The van der Waals surface area contributed by atoms with E-state index in [-0.39, 0.29) is 6.61 Å². The van der Waals surface area contributed by atoms with Gasteiger partial charge >= 0.3 is 0 Å². The van der Waals surface area contributed by atoms with Gasteiger partial charge in [0.15, 0.2) is 6.29 Å². The molecule has 0 radical (unpaired) electrons. The van der Waals surface area contributed by atoms with Crippen molar-refractivity contribution in [3.63, 3.8) is 0 Å². The molecule has 0 saturated carbocycles. The molecule has 0 aliphatic rings. The van der Waals surface area contributed by atoms with Gasteiger partial charge in [0, 0.05) is 4.47 Å². The summed E-state index contributed by atoms with van der Waals surface area (Å²) in [5.41, 5.74) is 1.02. The van der Waals surface area contributed by atoms with Crippen LogP contribution >= 0.6 is 15.9 Å². The Hall–Kier alpha value is -0.830. The summed E-state index contributed by atoms with van der Waals surface area (Å²) >= 11 is 3.34. The maximum Gasteiger partial charge on any atom is 0.157 e. The Kier molecular flexibility index (Phi) is 3.29. The first-order chi connectivity index (χ1) is 5.74. The predicted molar refractivity (Wildman–Crippen MR) is 50.4 cm³/mol. The highest BCUT2D eigenvalue weighted by atomic mass is 79.9. The number of aryl methyl sites for hydroxylation is 1. The van der Waals surface area contributed by atoms with E-state index in [1.807, 2.05) is 25.1 Å². The fourth-order valence-corrected chi connectivity index (χ4v) is 1.37. The largest absolute Gasteiger partial charge is 0.486 e. The summed E-state index contributed by atoms with van der Waals surface area (Å²) in [7, 11) is 0. The number of ether oxygens (including phenoxy) is 1. The fraction of sp³-hybridized carbons (Fsp3) is 0.222. The molecule has 3 heteroatoms. The lowest BCUT2D eigenvalue weighted by molar-refractivity contribution is -0.109. The number of rotatable bonds is 3. The summed E-state index contributed by atoms with van der Waals surface area (Å²) < 4.78 is 6.16. The third-order valence-electron chi connectivity index (χ3n) is 1.44. The van der Waals surface area contributed by atoms with Crippen molar-refractivity contribution in [3.05, 3.63) is 28.2 Å². The molecular weight excluding hydrogens is 220 g/mol. The number of aldehydes is 1. The molecule has 0 bridgehead atoms. The van der Waals surface area contributed by atoms with Crippen LogP contribution in [0.15, 0.2) is 22.7 Å². The van der Waals surface area contributed by atoms with Crippen LogP contribution in [-0.2, 0) is 4.79 Å². The Labute approximate surface area is 79.7 Å². The number of carbonyl (C=O) groups excluding carboxylic acids is 1. The van der Waals surface area contributed by atoms with E-state index in [0.717, 1.165) is 22.1 Å². The average molecular weight is 229 g/mol. The average Bonchev–Trinajstić information content (AvgIpc) is 2.03. The van der Waals surface area contributed by atoms with E-state index < -0.39 is 0 Å². The molecule has 0 aromatic heterocycles. The third-order valence-corrected chi connectivity index (χ3v) is 1.94. The zero-order chi connectivity index (χ0) is 8.97. The molecule has 64 valence electrons. The molecule has 1 aromatic carbocycles. The van der Waals surface area contributed by atoms with Crippen molar-refractivity contribution in [1.82, 2.24) is 0 Å². The Balaban J connectivity index is 2.78. The van der Waals surface area contributed by atoms with E-state index in [0.29, 0.717) is 0 Å². The van der Waals surface area contributed by atoms with E-state index in [4.69, 9.17) is 4.74 Å². The summed E-state index contributed by atoms with van der Waals surface area (Å²) in [6.45, 7) is 2.05. The zero-order valence-corrected chi connectivity index (χ0v) is 8.30. The highest BCUT2D eigenvalue weighted by Crippen LogP contribution is 2.21. The highest BCUT2D eigenvalue weighted by molar-refractivity contribution is 9.10. The Morgan fingerprint density at radius 3 is 2.92 bits per heavy atom. The van der Waals surface area contributed by atoms with Gasteiger partial charge in [-0.1, -0.05) is 15.9 Å². The minimum Gasteiger partial charge on any atom is -0.486 e. The minimum atomic E-state index is 0.114. The van der Waals surface area contributed by atoms with Crippen molar-refractivity contribution in [2.24, 2.45) is 0 Å². The van der Waals surface area contributed by atoms with Crippen LogP contribution in [0.5, 0.6) is 5.75 Å². The number of hydrogen-bond acceptors (Lipinski definition) is 2. The van der Waals surface area contributed by atoms with Crippen LogP contribution in [0.25, 0.3) is 0 Å². The van der Waals surface area contributed by atoms with Gasteiger partial charge < -0.3 is 4.74 Å². The van der Waals surface area contributed by atoms with E-state index in [9.17, 15) is 4.79 Å². The van der Waals surface area contributed by atoms with Crippen molar-refractivity contribution in [3.8, 4) is 5.75 Å². The maximum absolute atomic E-state index is 10.0. The van der Waals surface area contributed by atoms with Crippen molar-refractivity contribution < 1.29 is 9.53 Å². The lowest BCUT2D eigenvalue weighted by atomic mass is 10.2. The molecule has 0 unspecified atom stereocenters. The SMILES string of the molecule is Cc1cc(Br)ccc1OCC=O. The first-order valence-corrected chi connectivity index (χ1v) is 4.36. The standard InChI is InChI=1S/C9H9BrO2/c1-7-6-8(10)2-3-9(7)12-5-4-11/h2-4,6H,5H2,1H3. The van der Waals surface area contributed by atoms with Crippen molar-refractivity contribution >= 4 is 22.2 Å². The molecule has 0 spiro atoms. The van der Waals surface area contributed by atoms with Gasteiger partial charge in [-0.15, -0.1) is 0 Å². The lowest BCUT2D eigenvalue weighted by Crippen LogP contribution is -1.98. The second-order valence-electron chi connectivity index (χ2n) is 2.39. The predicted octanol–water partition coefficient (Wildman–Crippen LogP) is 2.34. The van der Waals surface area contributed by atoms with Crippen LogP contribution < -0.4 is 4.74 Å². The van der Waals surface area contributed by atoms with Crippen molar-refractivity contribution in [2.45, 2.75) is 6.92 Å². The van der Waals surface area contributed by atoms with E-state index in [1.165, 1.54) is 0 Å². The molecule has 12 heavy (non-hydrogen) atoms. The number of benzene rings is 1. The molecule has 0 aliphatic carbocycles. The second kappa shape index (κ2) is 4.26. The number of carbonyl (C=O) groups is 1. The van der Waals surface area contributed by atoms with Crippen LogP contribution in [-0.4, -0.2) is 12.9 Å². The maximum atomic E-state index is 10.0. The third kappa shape index (κ3) is 2.34. The molecule has 0 N–H and O–H groups in total. The van der Waals surface area contributed by atoms with E-state index in [1.54, 1.807) is 0 Å². The van der Waals surface area contributed by atoms with Gasteiger partial charge in [0.2, 0.25) is 0 Å². The summed E-state index contributed by atoms with van der Waals surface area (Å²) in [5.74, 6) is 0.755. The van der Waals surface area contributed by atoms with Gasteiger partial charge in [0.1, 0.15) is 12.4 Å². The topological polar surface area (TPSA) is 26.3 Å². The molecule has 0 amide bonds. The Morgan fingerprint density at radius 1 is 1.58 bits per heavy atom. The summed E-state index contributed by atoms with van der Waals surface area (Å²) in [6, 6.07) is 5.66. The van der Waals surface area contributed by atoms with Crippen LogP contribution in [0.1, 0.15) is 5.56 Å². The second-order valence-corrected chi connectivity index (χ2v) is 3.30. The smallest absolute Gasteiger partial charge is 0.157 e. The molecule has 0 heterocycles. The normalized spacial score (nSPS) is 9.50. The van der Waals surface area contributed by atoms with Gasteiger partial charge in [0.25, 0.3) is 0 Å². The molecule has 0 fully saturated rings. The molecular formula is C9H9BrO2. The van der Waals surface area contributed by atoms with Crippen molar-refractivity contribution in [1.29, 1.82) is 0 Å². The Bertz CT molecular complexity index is 284. The minimum absolute atomic E-state index is 0.114. The van der Waals surface area contributed by atoms with E-state index in [2.05, 4.69) is 15.9 Å². The zero-order valence-electron chi connectivity index (χ0n) is 6.71. The van der Waals surface area contributed by atoms with Crippen LogP contribution in [0.4, 0.5) is 0 Å². The summed E-state index contributed by atoms with van der Waals surface area (Å²) in [6.07, 6.45) is 0.738. The fourth-order valence-electron chi connectivity index (χ4n) is 0.899. The first kappa shape index (κ1) is 9.26. The van der Waals surface area contributed by atoms with Crippen LogP contribution in [0.2, 0.25) is 0 Å². The summed E-state index contributed by atoms with van der Waals surface area (Å²) in [5, 5.41) is 0. The molecule has 0 aliphatic heterocycles. The van der Waals surface area contributed by atoms with Crippen LogP contribution in [0, 0.1) is 6.92 Å². The first-order valence-electron chi connectivity index (χ1n) is 3.56. The van der Waals surface area contributed by atoms with Gasteiger partial charge in [0.05, 0.1) is 0 Å². The molecule has 0 saturated heterocycles. The van der Waals surface area contributed by atoms with Gasteiger partial charge in [-0.2, -0.15) is 0 Å². The number of hydrogen-bond donors (Lipinski definition) is 0. The molecule has 2 nitrogen and oxygen atoms in total. The molecule has 1 rings (SSSR count). The van der Waals surface area contributed by atoms with Crippen LogP contribution in [0.3, 0.4) is 0 Å². The molecule has 0 atom stereocenters. The summed E-state index contributed by atoms with van der Waals surface area (Å²) in [4.78, 5) is 10.0. The van der Waals surface area contributed by atoms with Crippen molar-refractivity contribution in [2.75, 3.05) is 6.61 Å². The quantitative estimate of drug-likeness (QED) is 0.743. The van der Waals surface area contributed by atoms with Gasteiger partial charge in [-0.3, -0.25) is 4.79 Å².